The van der Waals surface area contributed by atoms with Gasteiger partial charge in [0.15, 0.2) is 5.75 Å². The number of pyridine rings is 1. The fourth-order valence-corrected chi connectivity index (χ4v) is 1.84. The summed E-state index contributed by atoms with van der Waals surface area (Å²) in [5, 5.41) is 2.34. The number of hydrogen-bond donors (Lipinski definition) is 0. The number of para-hydroxylation sites is 1. The predicted molar refractivity (Wildman–Crippen MR) is 74.2 cm³/mol. The first-order valence-electron chi connectivity index (χ1n) is 6.07. The second kappa shape index (κ2) is 5.14. The van der Waals surface area contributed by atoms with Crippen LogP contribution in [0.4, 0.5) is 0 Å². The van der Waals surface area contributed by atoms with Crippen molar-refractivity contribution in [1.29, 1.82) is 0 Å². The fraction of sp³-hybridized carbons (Fsp3) is 0.286. The van der Waals surface area contributed by atoms with Crippen molar-refractivity contribution in [2.24, 2.45) is 0 Å². The predicted octanol–water partition coefficient (Wildman–Crippen LogP) is 1.51. The second-order valence-corrected chi connectivity index (χ2v) is 4.36. The van der Waals surface area contributed by atoms with Crippen LogP contribution in [0.15, 0.2) is 35.3 Å². The number of carbonyl (C=O) groups is 1. The van der Waals surface area contributed by atoms with Crippen molar-refractivity contribution in [3.05, 3.63) is 40.7 Å². The van der Waals surface area contributed by atoms with Crippen LogP contribution in [0.5, 0.6) is 5.75 Å². The largest absolute Gasteiger partial charge is 0.421 e. The molecule has 100 valence electrons. The maximum absolute atomic E-state index is 12.2. The van der Waals surface area contributed by atoms with E-state index in [1.807, 2.05) is 31.2 Å². The Labute approximate surface area is 111 Å². The topological polar surface area (TPSA) is 51.5 Å². The van der Waals surface area contributed by atoms with E-state index in [1.54, 1.807) is 23.7 Å². The minimum atomic E-state index is -0.419. The van der Waals surface area contributed by atoms with Gasteiger partial charge in [0, 0.05) is 20.5 Å². The second-order valence-electron chi connectivity index (χ2n) is 4.36. The number of rotatable bonds is 3. The zero-order chi connectivity index (χ0) is 14.0. The summed E-state index contributed by atoms with van der Waals surface area (Å²) in [5.74, 6) is -0.364. The molecule has 0 radical (unpaired) electrons. The van der Waals surface area contributed by atoms with Crippen LogP contribution < -0.4 is 15.2 Å². The Morgan fingerprint density at radius 2 is 2.00 bits per heavy atom. The lowest BCUT2D eigenvalue weighted by atomic mass is 10.2. The average molecular weight is 260 g/mol. The Morgan fingerprint density at radius 3 is 2.63 bits per heavy atom. The maximum atomic E-state index is 12.2. The molecule has 0 aliphatic heterocycles. The van der Waals surface area contributed by atoms with Crippen LogP contribution in [-0.4, -0.2) is 24.7 Å². The van der Waals surface area contributed by atoms with Gasteiger partial charge >= 0.3 is 5.97 Å². The van der Waals surface area contributed by atoms with Crippen molar-refractivity contribution in [2.75, 3.05) is 19.1 Å². The summed E-state index contributed by atoms with van der Waals surface area (Å²) in [7, 11) is 3.70. The molecule has 0 atom stereocenters. The van der Waals surface area contributed by atoms with Gasteiger partial charge in [0.2, 0.25) is 5.43 Å². The van der Waals surface area contributed by atoms with E-state index in [2.05, 4.69) is 0 Å². The van der Waals surface area contributed by atoms with Crippen molar-refractivity contribution in [1.82, 2.24) is 4.68 Å². The third kappa shape index (κ3) is 2.45. The molecule has 0 saturated carbocycles. The molecule has 1 aromatic heterocycles. The van der Waals surface area contributed by atoms with Gasteiger partial charge in [-0.2, -0.15) is 0 Å². The van der Waals surface area contributed by atoms with Crippen molar-refractivity contribution in [2.45, 2.75) is 13.3 Å². The zero-order valence-electron chi connectivity index (χ0n) is 11.2. The van der Waals surface area contributed by atoms with Gasteiger partial charge in [-0.15, -0.1) is 0 Å². The molecule has 1 heterocycles. The van der Waals surface area contributed by atoms with Gasteiger partial charge in [-0.05, 0) is 12.1 Å². The summed E-state index contributed by atoms with van der Waals surface area (Å²) >= 11 is 0. The Hall–Kier alpha value is -2.30. The maximum Gasteiger partial charge on any atom is 0.311 e. The lowest BCUT2D eigenvalue weighted by Gasteiger charge is -2.20. The van der Waals surface area contributed by atoms with Crippen molar-refractivity contribution < 1.29 is 9.53 Å². The standard InChI is InChI=1S/C14H16N2O3/c1-4-13(17)19-12-9-16(15(2)3)11-8-6-5-7-10(11)14(12)18/h5-9H,4H2,1-3H3. The molecule has 19 heavy (non-hydrogen) atoms. The van der Waals surface area contributed by atoms with E-state index in [4.69, 9.17) is 4.74 Å². The number of esters is 1. The van der Waals surface area contributed by atoms with Gasteiger partial charge in [0.1, 0.15) is 0 Å². The summed E-state index contributed by atoms with van der Waals surface area (Å²) in [6.45, 7) is 1.69. The lowest BCUT2D eigenvalue weighted by Crippen LogP contribution is -2.28. The monoisotopic (exact) mass is 260 g/mol. The van der Waals surface area contributed by atoms with Crippen LogP contribution in [0.3, 0.4) is 0 Å². The molecule has 0 unspecified atom stereocenters. The van der Waals surface area contributed by atoms with Crippen molar-refractivity contribution in [3.63, 3.8) is 0 Å². The number of hydrogen-bond acceptors (Lipinski definition) is 4. The van der Waals surface area contributed by atoms with Crippen LogP contribution in [0.1, 0.15) is 13.3 Å². The summed E-state index contributed by atoms with van der Waals surface area (Å²) in [6.07, 6.45) is 1.77. The van der Waals surface area contributed by atoms with E-state index in [0.717, 1.165) is 5.52 Å². The molecule has 0 N–H and O–H groups in total. The first-order chi connectivity index (χ1) is 9.04. The Bertz CT molecular complexity index is 674. The molecule has 2 rings (SSSR count). The number of carbonyl (C=O) groups excluding carboxylic acids is 1. The Morgan fingerprint density at radius 1 is 1.32 bits per heavy atom. The van der Waals surface area contributed by atoms with E-state index in [1.165, 1.54) is 6.20 Å². The number of aromatic nitrogens is 1. The summed E-state index contributed by atoms with van der Waals surface area (Å²) in [6, 6.07) is 7.22. The molecule has 5 nitrogen and oxygen atoms in total. The highest BCUT2D eigenvalue weighted by atomic mass is 16.5. The third-order valence-electron chi connectivity index (χ3n) is 2.80. The molecule has 0 fully saturated rings. The highest BCUT2D eigenvalue weighted by molar-refractivity contribution is 5.81. The van der Waals surface area contributed by atoms with E-state index in [9.17, 15) is 9.59 Å². The van der Waals surface area contributed by atoms with Gasteiger partial charge < -0.3 is 9.75 Å². The first kappa shape index (κ1) is 13.1. The fourth-order valence-electron chi connectivity index (χ4n) is 1.84. The van der Waals surface area contributed by atoms with Crippen LogP contribution >= 0.6 is 0 Å². The highest BCUT2D eigenvalue weighted by Gasteiger charge is 2.13. The number of fused-ring (bicyclic) bond motifs is 1. The zero-order valence-corrected chi connectivity index (χ0v) is 11.2. The van der Waals surface area contributed by atoms with Crippen molar-refractivity contribution in [3.8, 4) is 5.75 Å². The van der Waals surface area contributed by atoms with Gasteiger partial charge in [0.25, 0.3) is 0 Å². The van der Waals surface area contributed by atoms with Gasteiger partial charge in [-0.3, -0.25) is 14.3 Å². The van der Waals surface area contributed by atoms with Crippen LogP contribution in [0.25, 0.3) is 10.9 Å². The van der Waals surface area contributed by atoms with Gasteiger partial charge in [0.05, 0.1) is 17.1 Å². The molecule has 0 saturated heterocycles. The summed E-state index contributed by atoms with van der Waals surface area (Å²) < 4.78 is 6.87. The van der Waals surface area contributed by atoms with E-state index in [-0.39, 0.29) is 17.6 Å². The smallest absolute Gasteiger partial charge is 0.311 e. The number of nitrogens with zero attached hydrogens (tertiary/aromatic N) is 2. The number of ether oxygens (including phenoxy) is 1. The molecule has 0 aliphatic rings. The normalized spacial score (nSPS) is 10.5. The quantitative estimate of drug-likeness (QED) is 0.785. The molecule has 5 heteroatoms. The third-order valence-corrected chi connectivity index (χ3v) is 2.80. The molecule has 0 aliphatic carbocycles. The minimum Gasteiger partial charge on any atom is -0.421 e. The molecular weight excluding hydrogens is 244 g/mol. The molecule has 1 aromatic carbocycles. The molecule has 0 amide bonds. The lowest BCUT2D eigenvalue weighted by molar-refractivity contribution is -0.134. The SMILES string of the molecule is CCC(=O)Oc1cn(N(C)C)c2ccccc2c1=O. The summed E-state index contributed by atoms with van der Waals surface area (Å²) in [5.41, 5.74) is 0.504. The average Bonchev–Trinajstić information content (AvgIpc) is 2.41. The van der Waals surface area contributed by atoms with Crippen LogP contribution in [0.2, 0.25) is 0 Å². The van der Waals surface area contributed by atoms with E-state index < -0.39 is 5.97 Å². The Balaban J connectivity index is 2.69. The first-order valence-corrected chi connectivity index (χ1v) is 6.07. The van der Waals surface area contributed by atoms with Crippen LogP contribution in [-0.2, 0) is 4.79 Å². The van der Waals surface area contributed by atoms with Crippen molar-refractivity contribution >= 4 is 16.9 Å². The molecule has 2 aromatic rings. The molecule has 0 spiro atoms. The summed E-state index contributed by atoms with van der Waals surface area (Å²) in [4.78, 5) is 23.6. The van der Waals surface area contributed by atoms with Gasteiger partial charge in [-0.1, -0.05) is 19.1 Å². The Kier molecular flexibility index (Phi) is 3.55. The van der Waals surface area contributed by atoms with Crippen LogP contribution in [0, 0.1) is 0 Å². The van der Waals surface area contributed by atoms with E-state index in [0.29, 0.717) is 5.39 Å². The minimum absolute atomic E-state index is 0.0549. The highest BCUT2D eigenvalue weighted by Crippen LogP contribution is 2.15. The molecule has 0 bridgehead atoms. The van der Waals surface area contributed by atoms with E-state index >= 15 is 0 Å². The van der Waals surface area contributed by atoms with Gasteiger partial charge in [-0.25, -0.2) is 0 Å². The molecular formula is C14H16N2O3. The number of benzene rings is 1.